The second kappa shape index (κ2) is 11.3. The topological polar surface area (TPSA) is 85.4 Å². The number of methoxy groups -OCH3 is 1. The number of hydrogen-bond acceptors (Lipinski definition) is 6. The normalized spacial score (nSPS) is 15.9. The monoisotopic (exact) mass is 480 g/mol. The molecule has 2 aliphatic heterocycles. The van der Waals surface area contributed by atoms with Crippen molar-refractivity contribution in [2.45, 2.75) is 32.6 Å². The average Bonchev–Trinajstić information content (AvgIpc) is 2.88. The Hall–Kier alpha value is -3.55. The minimum atomic E-state index is -0.219. The molecule has 8 nitrogen and oxygen atoms in total. The maximum absolute atomic E-state index is 12.8. The SMILES string of the molecule is COc1cccc(OCC(=O)c2ccc3c(c2)N(CCCC(=O)N2CCC(C)CC2)C(=O)CO3)c1. The molecule has 0 aromatic heterocycles. The minimum Gasteiger partial charge on any atom is -0.497 e. The van der Waals surface area contributed by atoms with Gasteiger partial charge in [-0.1, -0.05) is 13.0 Å². The number of fused-ring (bicyclic) bond motifs is 1. The first-order chi connectivity index (χ1) is 16.9. The number of amides is 2. The van der Waals surface area contributed by atoms with Crippen LogP contribution in [0.2, 0.25) is 0 Å². The van der Waals surface area contributed by atoms with Crippen LogP contribution in [-0.2, 0) is 9.59 Å². The van der Waals surface area contributed by atoms with Crippen LogP contribution < -0.4 is 19.1 Å². The van der Waals surface area contributed by atoms with Crippen LogP contribution in [0.25, 0.3) is 0 Å². The first-order valence-electron chi connectivity index (χ1n) is 12.1. The number of carbonyl (C=O) groups excluding carboxylic acids is 3. The molecule has 0 N–H and O–H groups in total. The smallest absolute Gasteiger partial charge is 0.265 e. The number of carbonyl (C=O) groups is 3. The Morgan fingerprint density at radius 3 is 2.63 bits per heavy atom. The molecule has 1 fully saturated rings. The highest BCUT2D eigenvalue weighted by atomic mass is 16.5. The van der Waals surface area contributed by atoms with Crippen LogP contribution in [0.15, 0.2) is 42.5 Å². The van der Waals surface area contributed by atoms with E-state index in [0.717, 1.165) is 25.9 Å². The molecular weight excluding hydrogens is 448 g/mol. The Labute approximate surface area is 205 Å². The lowest BCUT2D eigenvalue weighted by atomic mass is 9.99. The summed E-state index contributed by atoms with van der Waals surface area (Å²) in [5.74, 6) is 2.12. The van der Waals surface area contributed by atoms with E-state index in [-0.39, 0.29) is 30.8 Å². The molecule has 186 valence electrons. The third-order valence-electron chi connectivity index (χ3n) is 6.54. The van der Waals surface area contributed by atoms with Crippen LogP contribution in [0.3, 0.4) is 0 Å². The number of ketones is 1. The van der Waals surface area contributed by atoms with E-state index in [1.807, 2.05) is 4.90 Å². The predicted octanol–water partition coefficient (Wildman–Crippen LogP) is 3.72. The van der Waals surface area contributed by atoms with Gasteiger partial charge in [-0.25, -0.2) is 0 Å². The Morgan fingerprint density at radius 2 is 1.86 bits per heavy atom. The van der Waals surface area contributed by atoms with Crippen molar-refractivity contribution in [3.8, 4) is 17.2 Å². The van der Waals surface area contributed by atoms with Gasteiger partial charge in [0, 0.05) is 37.7 Å². The third kappa shape index (κ3) is 6.12. The largest absolute Gasteiger partial charge is 0.497 e. The average molecular weight is 481 g/mol. The summed E-state index contributed by atoms with van der Waals surface area (Å²) in [6.07, 6.45) is 3.02. The van der Waals surface area contributed by atoms with Crippen molar-refractivity contribution in [3.05, 3.63) is 48.0 Å². The lowest BCUT2D eigenvalue weighted by Crippen LogP contribution is -2.41. The van der Waals surface area contributed by atoms with E-state index in [1.165, 1.54) is 0 Å². The summed E-state index contributed by atoms with van der Waals surface area (Å²) in [5.41, 5.74) is 0.973. The first-order valence-corrected chi connectivity index (χ1v) is 12.1. The number of Topliss-reactive ketones (excluding diaryl/α,β-unsaturated/α-hetero) is 1. The summed E-state index contributed by atoms with van der Waals surface area (Å²) in [6, 6.07) is 12.1. The summed E-state index contributed by atoms with van der Waals surface area (Å²) < 4.78 is 16.4. The molecule has 2 heterocycles. The van der Waals surface area contributed by atoms with Gasteiger partial charge in [0.1, 0.15) is 17.2 Å². The quantitative estimate of drug-likeness (QED) is 0.509. The Balaban J connectivity index is 1.37. The van der Waals surface area contributed by atoms with Crippen molar-refractivity contribution in [3.63, 3.8) is 0 Å². The van der Waals surface area contributed by atoms with Gasteiger partial charge >= 0.3 is 0 Å². The number of ether oxygens (including phenoxy) is 3. The number of rotatable bonds is 9. The fourth-order valence-electron chi connectivity index (χ4n) is 4.35. The van der Waals surface area contributed by atoms with Gasteiger partial charge in [-0.05, 0) is 55.5 Å². The van der Waals surface area contributed by atoms with Gasteiger partial charge in [-0.3, -0.25) is 14.4 Å². The summed E-state index contributed by atoms with van der Waals surface area (Å²) in [6.45, 7) is 4.02. The molecule has 0 atom stereocenters. The molecule has 2 aromatic carbocycles. The molecule has 2 aromatic rings. The van der Waals surface area contributed by atoms with Crippen molar-refractivity contribution in [1.82, 2.24) is 4.90 Å². The zero-order valence-corrected chi connectivity index (χ0v) is 20.3. The molecule has 0 radical (unpaired) electrons. The van der Waals surface area contributed by atoms with E-state index in [9.17, 15) is 14.4 Å². The molecule has 1 saturated heterocycles. The van der Waals surface area contributed by atoms with Gasteiger partial charge in [0.05, 0.1) is 12.8 Å². The maximum atomic E-state index is 12.8. The van der Waals surface area contributed by atoms with Crippen LogP contribution in [0.4, 0.5) is 5.69 Å². The highest BCUT2D eigenvalue weighted by Crippen LogP contribution is 2.33. The predicted molar refractivity (Wildman–Crippen MR) is 131 cm³/mol. The lowest BCUT2D eigenvalue weighted by molar-refractivity contribution is -0.132. The molecule has 8 heteroatoms. The molecular formula is C27H32N2O6. The van der Waals surface area contributed by atoms with E-state index in [4.69, 9.17) is 14.2 Å². The molecule has 0 saturated carbocycles. The number of likely N-dealkylation sites (tertiary alicyclic amines) is 1. The molecule has 0 spiro atoms. The molecule has 0 aliphatic carbocycles. The van der Waals surface area contributed by atoms with Gasteiger partial charge in [-0.15, -0.1) is 0 Å². The fourth-order valence-corrected chi connectivity index (χ4v) is 4.35. The van der Waals surface area contributed by atoms with E-state index in [1.54, 1.807) is 54.5 Å². The van der Waals surface area contributed by atoms with Crippen LogP contribution in [0, 0.1) is 5.92 Å². The van der Waals surface area contributed by atoms with E-state index in [0.29, 0.717) is 53.8 Å². The Morgan fingerprint density at radius 1 is 1.09 bits per heavy atom. The zero-order chi connectivity index (χ0) is 24.8. The van der Waals surface area contributed by atoms with Crippen molar-refractivity contribution in [2.75, 3.05) is 44.9 Å². The van der Waals surface area contributed by atoms with Crippen LogP contribution >= 0.6 is 0 Å². The molecule has 2 aliphatic rings. The summed E-state index contributed by atoms with van der Waals surface area (Å²) in [5, 5.41) is 0. The second-order valence-electron chi connectivity index (χ2n) is 9.07. The Bertz CT molecular complexity index is 1080. The van der Waals surface area contributed by atoms with E-state index >= 15 is 0 Å². The van der Waals surface area contributed by atoms with Crippen molar-refractivity contribution in [2.24, 2.45) is 5.92 Å². The first kappa shape index (κ1) is 24.6. The number of benzene rings is 2. The van der Waals surface area contributed by atoms with Gasteiger partial charge in [0.2, 0.25) is 5.91 Å². The van der Waals surface area contributed by atoms with Crippen molar-refractivity contribution >= 4 is 23.3 Å². The third-order valence-corrected chi connectivity index (χ3v) is 6.54. The van der Waals surface area contributed by atoms with Crippen molar-refractivity contribution < 1.29 is 28.6 Å². The molecule has 2 amide bonds. The van der Waals surface area contributed by atoms with Gasteiger partial charge in [0.25, 0.3) is 5.91 Å². The van der Waals surface area contributed by atoms with Crippen molar-refractivity contribution in [1.29, 1.82) is 0 Å². The van der Waals surface area contributed by atoms with E-state index < -0.39 is 0 Å². The van der Waals surface area contributed by atoms with Gasteiger partial charge in [-0.2, -0.15) is 0 Å². The highest BCUT2D eigenvalue weighted by Gasteiger charge is 2.27. The molecule has 4 rings (SSSR count). The lowest BCUT2D eigenvalue weighted by Gasteiger charge is -2.31. The number of anilines is 1. The van der Waals surface area contributed by atoms with Gasteiger partial charge < -0.3 is 24.0 Å². The number of piperidine rings is 1. The second-order valence-corrected chi connectivity index (χ2v) is 9.07. The zero-order valence-electron chi connectivity index (χ0n) is 20.3. The standard InChI is InChI=1S/C27H32N2O6/c1-19-10-13-28(14-11-19)26(31)7-4-12-29-23-15-20(8-9-25(23)35-18-27(29)32)24(30)17-34-22-6-3-5-21(16-22)33-2/h3,5-6,8-9,15-16,19H,4,7,10-14,17-18H2,1-2H3. The number of nitrogens with zero attached hydrogens (tertiary/aromatic N) is 2. The van der Waals surface area contributed by atoms with Crippen LogP contribution in [0.1, 0.15) is 43.0 Å². The molecule has 35 heavy (non-hydrogen) atoms. The van der Waals surface area contributed by atoms with Crippen LogP contribution in [-0.4, -0.2) is 62.5 Å². The van der Waals surface area contributed by atoms with Gasteiger partial charge in [0.15, 0.2) is 19.0 Å². The Kier molecular flexibility index (Phi) is 7.90. The summed E-state index contributed by atoms with van der Waals surface area (Å²) in [7, 11) is 1.57. The minimum absolute atomic E-state index is 0.0583. The van der Waals surface area contributed by atoms with E-state index in [2.05, 4.69) is 6.92 Å². The number of hydrogen-bond donors (Lipinski definition) is 0. The molecule has 0 unspecified atom stereocenters. The summed E-state index contributed by atoms with van der Waals surface area (Å²) >= 11 is 0. The maximum Gasteiger partial charge on any atom is 0.265 e. The van der Waals surface area contributed by atoms with Crippen LogP contribution in [0.5, 0.6) is 17.2 Å². The fraction of sp³-hybridized carbons (Fsp3) is 0.444. The molecule has 0 bridgehead atoms. The summed E-state index contributed by atoms with van der Waals surface area (Å²) in [4.78, 5) is 41.5. The highest BCUT2D eigenvalue weighted by molar-refractivity contribution is 6.02.